The van der Waals surface area contributed by atoms with Crippen LogP contribution < -0.4 is 9.47 Å². The van der Waals surface area contributed by atoms with Crippen molar-refractivity contribution in [3.05, 3.63) is 58.7 Å². The van der Waals surface area contributed by atoms with Crippen molar-refractivity contribution in [3.8, 4) is 11.5 Å². The number of hydrogen-bond acceptors (Lipinski definition) is 2. The molecule has 2 aromatic carbocycles. The van der Waals surface area contributed by atoms with Crippen LogP contribution in [0.15, 0.2) is 36.4 Å². The molecule has 2 aromatic rings. The summed E-state index contributed by atoms with van der Waals surface area (Å²) in [6.45, 7) is 11.7. The van der Waals surface area contributed by atoms with Crippen LogP contribution in [-0.2, 0) is 10.8 Å². The zero-order valence-corrected chi connectivity index (χ0v) is 17.8. The minimum absolute atomic E-state index is 0.227. The molecule has 0 N–H and O–H groups in total. The van der Waals surface area contributed by atoms with E-state index < -0.39 is 0 Å². The van der Waals surface area contributed by atoms with Gasteiger partial charge < -0.3 is 9.47 Å². The van der Waals surface area contributed by atoms with Crippen LogP contribution in [0.25, 0.3) is 11.6 Å². The zero-order valence-electron chi connectivity index (χ0n) is 17.8. The van der Waals surface area contributed by atoms with Gasteiger partial charge in [-0.15, -0.1) is 0 Å². The normalized spacial score (nSPS) is 18.0. The Morgan fingerprint density at radius 1 is 0.815 bits per heavy atom. The van der Waals surface area contributed by atoms with E-state index in [0.29, 0.717) is 0 Å². The van der Waals surface area contributed by atoms with Crippen LogP contribution in [0, 0.1) is 0 Å². The smallest absolute Gasteiger partial charge is 0.161 e. The largest absolute Gasteiger partial charge is 0.493 e. The molecule has 0 saturated carbocycles. The number of methoxy groups -OCH3 is 2. The van der Waals surface area contributed by atoms with Gasteiger partial charge in [0.2, 0.25) is 0 Å². The standard InChI is InChI=1S/C25H32O2/c1-17(14-18-8-11-22(26-6)23(15-18)27-7)19-9-10-20-21(16-19)25(4,5)13-12-24(20,2)3/h8-11,14-16H,12-13H2,1-7H3/b17-14+. The van der Waals surface area contributed by atoms with Gasteiger partial charge in [0.1, 0.15) is 0 Å². The molecule has 1 aliphatic rings. The quantitative estimate of drug-likeness (QED) is 0.568. The summed E-state index contributed by atoms with van der Waals surface area (Å²) >= 11 is 0. The van der Waals surface area contributed by atoms with Crippen molar-refractivity contribution in [3.63, 3.8) is 0 Å². The molecule has 0 unspecified atom stereocenters. The minimum Gasteiger partial charge on any atom is -0.493 e. The van der Waals surface area contributed by atoms with E-state index in [1.54, 1.807) is 14.2 Å². The number of allylic oxidation sites excluding steroid dienone is 1. The van der Waals surface area contributed by atoms with Gasteiger partial charge in [0.15, 0.2) is 11.5 Å². The molecule has 1 aliphatic carbocycles. The summed E-state index contributed by atoms with van der Waals surface area (Å²) in [6.07, 6.45) is 4.69. The average molecular weight is 365 g/mol. The minimum atomic E-state index is 0.227. The van der Waals surface area contributed by atoms with Crippen LogP contribution in [0.1, 0.15) is 69.7 Å². The maximum Gasteiger partial charge on any atom is 0.161 e. The van der Waals surface area contributed by atoms with Crippen LogP contribution in [0.4, 0.5) is 0 Å². The molecule has 0 radical (unpaired) electrons. The topological polar surface area (TPSA) is 18.5 Å². The van der Waals surface area contributed by atoms with Crippen molar-refractivity contribution in [2.75, 3.05) is 14.2 Å². The third kappa shape index (κ3) is 3.76. The molecule has 2 nitrogen and oxygen atoms in total. The van der Waals surface area contributed by atoms with Crippen molar-refractivity contribution in [1.29, 1.82) is 0 Å². The van der Waals surface area contributed by atoms with Gasteiger partial charge in [0.05, 0.1) is 14.2 Å². The summed E-state index contributed by atoms with van der Waals surface area (Å²) in [6, 6.07) is 13.1. The fourth-order valence-electron chi connectivity index (χ4n) is 4.11. The summed E-state index contributed by atoms with van der Waals surface area (Å²) in [5.41, 5.74) is 7.13. The second-order valence-electron chi connectivity index (χ2n) is 8.97. The summed E-state index contributed by atoms with van der Waals surface area (Å²) in [5, 5.41) is 0. The Labute approximate surface area is 164 Å². The molecule has 0 bridgehead atoms. The van der Waals surface area contributed by atoms with Crippen LogP contribution >= 0.6 is 0 Å². The molecular formula is C25H32O2. The van der Waals surface area contributed by atoms with Crippen LogP contribution in [0.2, 0.25) is 0 Å². The molecule has 0 amide bonds. The van der Waals surface area contributed by atoms with Crippen molar-refractivity contribution < 1.29 is 9.47 Å². The van der Waals surface area contributed by atoms with E-state index in [4.69, 9.17) is 9.47 Å². The Morgan fingerprint density at radius 3 is 2.07 bits per heavy atom. The van der Waals surface area contributed by atoms with Gasteiger partial charge in [-0.3, -0.25) is 0 Å². The Kier molecular flexibility index (Phi) is 5.12. The molecule has 144 valence electrons. The van der Waals surface area contributed by atoms with Crippen molar-refractivity contribution in [2.24, 2.45) is 0 Å². The summed E-state index contributed by atoms with van der Waals surface area (Å²) in [5.74, 6) is 1.51. The maximum absolute atomic E-state index is 5.43. The van der Waals surface area contributed by atoms with Gasteiger partial charge in [-0.25, -0.2) is 0 Å². The predicted molar refractivity (Wildman–Crippen MR) is 115 cm³/mol. The summed E-state index contributed by atoms with van der Waals surface area (Å²) in [4.78, 5) is 0. The lowest BCUT2D eigenvalue weighted by Gasteiger charge is -2.42. The van der Waals surface area contributed by atoms with Gasteiger partial charge in [-0.1, -0.05) is 58.0 Å². The number of benzene rings is 2. The molecule has 0 atom stereocenters. The maximum atomic E-state index is 5.43. The first kappa shape index (κ1) is 19.5. The molecule has 0 spiro atoms. The summed E-state index contributed by atoms with van der Waals surface area (Å²) < 4.78 is 10.8. The Morgan fingerprint density at radius 2 is 1.44 bits per heavy atom. The van der Waals surface area contributed by atoms with Gasteiger partial charge in [0.25, 0.3) is 0 Å². The molecule has 0 heterocycles. The zero-order chi connectivity index (χ0) is 19.8. The molecular weight excluding hydrogens is 332 g/mol. The van der Waals surface area contributed by atoms with E-state index >= 15 is 0 Å². The lowest BCUT2D eigenvalue weighted by molar-refractivity contribution is 0.332. The SMILES string of the molecule is COc1ccc(/C=C(\C)c2ccc3c(c2)C(C)(C)CCC3(C)C)cc1OC. The highest BCUT2D eigenvalue weighted by atomic mass is 16.5. The van der Waals surface area contributed by atoms with E-state index in [1.807, 2.05) is 12.1 Å². The van der Waals surface area contributed by atoms with Gasteiger partial charge in [-0.2, -0.15) is 0 Å². The molecule has 0 fully saturated rings. The number of fused-ring (bicyclic) bond motifs is 1. The van der Waals surface area contributed by atoms with Crippen molar-refractivity contribution in [2.45, 2.75) is 58.3 Å². The van der Waals surface area contributed by atoms with Gasteiger partial charge >= 0.3 is 0 Å². The van der Waals surface area contributed by atoms with E-state index in [0.717, 1.165) is 17.1 Å². The highest BCUT2D eigenvalue weighted by Crippen LogP contribution is 2.46. The third-order valence-corrected chi connectivity index (χ3v) is 6.10. The Hall–Kier alpha value is -2.22. The predicted octanol–water partition coefficient (Wildman–Crippen LogP) is 6.61. The lowest BCUT2D eigenvalue weighted by Crippen LogP contribution is -2.33. The van der Waals surface area contributed by atoms with E-state index in [-0.39, 0.29) is 10.8 Å². The second-order valence-corrected chi connectivity index (χ2v) is 8.97. The monoisotopic (exact) mass is 364 g/mol. The van der Waals surface area contributed by atoms with E-state index in [2.05, 4.69) is 65.0 Å². The first-order chi connectivity index (χ1) is 12.7. The molecule has 0 saturated heterocycles. The Bertz CT molecular complexity index is 872. The highest BCUT2D eigenvalue weighted by molar-refractivity contribution is 5.81. The van der Waals surface area contributed by atoms with Crippen LogP contribution in [0.5, 0.6) is 11.5 Å². The fraction of sp³-hybridized carbons (Fsp3) is 0.440. The van der Waals surface area contributed by atoms with Crippen LogP contribution in [-0.4, -0.2) is 14.2 Å². The average Bonchev–Trinajstić information content (AvgIpc) is 2.65. The lowest BCUT2D eigenvalue weighted by atomic mass is 9.63. The molecule has 2 heteroatoms. The third-order valence-electron chi connectivity index (χ3n) is 6.10. The van der Waals surface area contributed by atoms with Gasteiger partial charge in [-0.05, 0) is 70.6 Å². The van der Waals surface area contributed by atoms with Gasteiger partial charge in [0, 0.05) is 0 Å². The highest BCUT2D eigenvalue weighted by Gasteiger charge is 2.36. The van der Waals surface area contributed by atoms with E-state index in [1.165, 1.54) is 35.1 Å². The summed E-state index contributed by atoms with van der Waals surface area (Å²) in [7, 11) is 3.33. The number of rotatable bonds is 4. The van der Waals surface area contributed by atoms with E-state index in [9.17, 15) is 0 Å². The molecule has 3 rings (SSSR count). The number of ether oxygens (including phenoxy) is 2. The first-order valence-electron chi connectivity index (χ1n) is 9.74. The second kappa shape index (κ2) is 7.07. The fourth-order valence-corrected chi connectivity index (χ4v) is 4.11. The number of hydrogen-bond donors (Lipinski definition) is 0. The molecule has 0 aromatic heterocycles. The Balaban J connectivity index is 2.01. The van der Waals surface area contributed by atoms with Crippen molar-refractivity contribution in [1.82, 2.24) is 0 Å². The van der Waals surface area contributed by atoms with Crippen LogP contribution in [0.3, 0.4) is 0 Å². The first-order valence-corrected chi connectivity index (χ1v) is 9.74. The van der Waals surface area contributed by atoms with Crippen molar-refractivity contribution >= 4 is 11.6 Å². The molecule has 27 heavy (non-hydrogen) atoms. The molecule has 0 aliphatic heterocycles.